The smallest absolute Gasteiger partial charge is 0.260 e. The van der Waals surface area contributed by atoms with Gasteiger partial charge in [-0.3, -0.25) is 4.31 Å². The normalized spacial score (nSPS) is 13.0. The molecule has 0 heterocycles. The summed E-state index contributed by atoms with van der Waals surface area (Å²) in [4.78, 5) is -0.0241. The third kappa shape index (κ3) is 5.84. The molecule has 1 atom stereocenters. The van der Waals surface area contributed by atoms with Gasteiger partial charge in [0, 0.05) is 17.1 Å². The molecule has 0 fully saturated rings. The molecule has 154 valence electrons. The van der Waals surface area contributed by atoms with Gasteiger partial charge in [-0.1, -0.05) is 25.4 Å². The Morgan fingerprint density at radius 3 is 2.32 bits per heavy atom. The van der Waals surface area contributed by atoms with Crippen molar-refractivity contribution in [1.82, 2.24) is 0 Å². The summed E-state index contributed by atoms with van der Waals surface area (Å²) < 4.78 is 55.8. The number of anilines is 1. The highest BCUT2D eigenvalue weighted by Gasteiger charge is 2.31. The molecule has 0 aliphatic rings. The Balaban J connectivity index is 2.41. The summed E-state index contributed by atoms with van der Waals surface area (Å²) >= 11 is 7.63. The van der Waals surface area contributed by atoms with Gasteiger partial charge >= 0.3 is 0 Å². The molecule has 0 saturated carbocycles. The van der Waals surface area contributed by atoms with Crippen molar-refractivity contribution in [2.45, 2.75) is 49.8 Å². The molecule has 28 heavy (non-hydrogen) atoms. The Morgan fingerprint density at radius 2 is 1.71 bits per heavy atom. The van der Waals surface area contributed by atoms with Crippen LogP contribution in [0.2, 0.25) is 5.02 Å². The second-order valence-electron chi connectivity index (χ2n) is 6.76. The van der Waals surface area contributed by atoms with Crippen molar-refractivity contribution in [2.75, 3.05) is 10.1 Å². The van der Waals surface area contributed by atoms with Crippen molar-refractivity contribution < 1.29 is 17.2 Å². The van der Waals surface area contributed by atoms with E-state index < -0.39 is 27.7 Å². The van der Waals surface area contributed by atoms with Gasteiger partial charge in [-0.05, 0) is 67.2 Å². The maximum Gasteiger partial charge on any atom is 0.264 e. The number of thioether (sulfide) groups is 1. The Morgan fingerprint density at radius 1 is 1.07 bits per heavy atom. The summed E-state index contributed by atoms with van der Waals surface area (Å²) in [5, 5.41) is 0.867. The largest absolute Gasteiger partial charge is 0.264 e. The van der Waals surface area contributed by atoms with E-state index in [1.165, 1.54) is 24.3 Å². The zero-order chi connectivity index (χ0) is 20.9. The number of nitrogens with zero attached hydrogens (tertiary/aromatic N) is 1. The second kappa shape index (κ2) is 9.94. The molecule has 0 amide bonds. The first-order chi connectivity index (χ1) is 13.1. The van der Waals surface area contributed by atoms with Gasteiger partial charge in [-0.25, -0.2) is 17.2 Å². The fourth-order valence-corrected chi connectivity index (χ4v) is 5.41. The van der Waals surface area contributed by atoms with Gasteiger partial charge in [-0.2, -0.15) is 11.8 Å². The molecule has 0 radical (unpaired) electrons. The Labute approximate surface area is 175 Å². The summed E-state index contributed by atoms with van der Waals surface area (Å²) in [6, 6.07) is 7.92. The van der Waals surface area contributed by atoms with E-state index in [1.807, 2.05) is 0 Å². The van der Waals surface area contributed by atoms with E-state index in [4.69, 9.17) is 11.6 Å². The fraction of sp³-hybridized carbons (Fsp3) is 0.400. The van der Waals surface area contributed by atoms with Crippen LogP contribution in [-0.4, -0.2) is 25.5 Å². The van der Waals surface area contributed by atoms with E-state index in [1.54, 1.807) is 18.7 Å². The predicted octanol–water partition coefficient (Wildman–Crippen LogP) is 6.12. The van der Waals surface area contributed by atoms with Gasteiger partial charge < -0.3 is 0 Å². The maximum absolute atomic E-state index is 14.5. The molecule has 0 saturated heterocycles. The van der Waals surface area contributed by atoms with E-state index in [9.17, 15) is 17.2 Å². The van der Waals surface area contributed by atoms with Crippen LogP contribution in [0.1, 0.15) is 33.6 Å². The van der Waals surface area contributed by atoms with Gasteiger partial charge in [0.25, 0.3) is 10.0 Å². The summed E-state index contributed by atoms with van der Waals surface area (Å²) in [7, 11) is -4.10. The molecular formula is C20H24ClF2NO2S2. The zero-order valence-corrected chi connectivity index (χ0v) is 18.4. The minimum Gasteiger partial charge on any atom is -0.260 e. The Hall–Kier alpha value is -1.31. The summed E-state index contributed by atoms with van der Waals surface area (Å²) in [6.45, 7) is 5.89. The van der Waals surface area contributed by atoms with Gasteiger partial charge in [-0.15, -0.1) is 0 Å². The van der Waals surface area contributed by atoms with Crippen molar-refractivity contribution in [3.05, 3.63) is 59.1 Å². The lowest BCUT2D eigenvalue weighted by atomic mass is 10.2. The molecule has 3 nitrogen and oxygen atoms in total. The molecule has 2 rings (SSSR count). The van der Waals surface area contributed by atoms with E-state index in [-0.39, 0.29) is 10.6 Å². The molecule has 0 aliphatic carbocycles. The first-order valence-corrected chi connectivity index (χ1v) is 11.9. The number of halogens is 3. The van der Waals surface area contributed by atoms with Crippen LogP contribution < -0.4 is 4.31 Å². The van der Waals surface area contributed by atoms with E-state index >= 15 is 0 Å². The molecule has 0 aliphatic heterocycles. The fourth-order valence-electron chi connectivity index (χ4n) is 2.79. The average Bonchev–Trinajstić information content (AvgIpc) is 2.62. The van der Waals surface area contributed by atoms with Crippen molar-refractivity contribution in [1.29, 1.82) is 0 Å². The summed E-state index contributed by atoms with van der Waals surface area (Å²) in [5.41, 5.74) is -0.293. The quantitative estimate of drug-likeness (QED) is 0.434. The molecule has 2 aromatic rings. The zero-order valence-electron chi connectivity index (χ0n) is 16.0. The topological polar surface area (TPSA) is 37.4 Å². The van der Waals surface area contributed by atoms with Gasteiger partial charge in [0.15, 0.2) is 0 Å². The summed E-state index contributed by atoms with van der Waals surface area (Å²) in [5.74, 6) is -0.625. The average molecular weight is 448 g/mol. The van der Waals surface area contributed by atoms with Crippen LogP contribution in [0.4, 0.5) is 14.5 Å². The minimum absolute atomic E-state index is 0.0241. The highest BCUT2D eigenvalue weighted by molar-refractivity contribution is 7.99. The maximum atomic E-state index is 14.5. The standard InChI is InChI=1S/C20H24ClF2NO2S2/c1-14(2)27-12-4-5-15(3)24(20-13-17(22)8-11-19(20)23)28(25,26)18-9-6-16(21)7-10-18/h6-11,13-15H,4-5,12H2,1-3H3/t15-/m1/s1. The van der Waals surface area contributed by atoms with E-state index in [2.05, 4.69) is 13.8 Å². The van der Waals surface area contributed by atoms with Crippen LogP contribution in [-0.2, 0) is 10.0 Å². The number of sulfonamides is 1. The number of hydrogen-bond acceptors (Lipinski definition) is 3. The predicted molar refractivity (Wildman–Crippen MR) is 114 cm³/mol. The highest BCUT2D eigenvalue weighted by Crippen LogP contribution is 2.31. The van der Waals surface area contributed by atoms with Crippen LogP contribution in [0.5, 0.6) is 0 Å². The second-order valence-corrected chi connectivity index (χ2v) is 10.7. The highest BCUT2D eigenvalue weighted by atomic mass is 35.5. The Bertz CT molecular complexity index is 890. The summed E-state index contributed by atoms with van der Waals surface area (Å²) in [6.07, 6.45) is 1.27. The lowest BCUT2D eigenvalue weighted by molar-refractivity contribution is 0.556. The van der Waals surface area contributed by atoms with E-state index in [0.29, 0.717) is 16.7 Å². The molecular weight excluding hydrogens is 424 g/mol. The molecule has 0 bridgehead atoms. The van der Waals surface area contributed by atoms with E-state index in [0.717, 1.165) is 34.7 Å². The molecule has 0 N–H and O–H groups in total. The molecule has 0 aromatic heterocycles. The van der Waals surface area contributed by atoms with Gasteiger partial charge in [0.1, 0.15) is 11.6 Å². The monoisotopic (exact) mass is 447 g/mol. The molecule has 2 aromatic carbocycles. The number of rotatable bonds is 9. The lowest BCUT2D eigenvalue weighted by Crippen LogP contribution is -2.39. The first-order valence-electron chi connectivity index (χ1n) is 8.99. The SMILES string of the molecule is CC(C)SCCC[C@@H](C)N(c1cc(F)ccc1F)S(=O)(=O)c1ccc(Cl)cc1. The van der Waals surface area contributed by atoms with Crippen LogP contribution in [0.3, 0.4) is 0 Å². The minimum atomic E-state index is -4.10. The van der Waals surface area contributed by atoms with Crippen molar-refractivity contribution in [2.24, 2.45) is 0 Å². The molecule has 0 unspecified atom stereocenters. The van der Waals surface area contributed by atoms with Crippen molar-refractivity contribution in [3.8, 4) is 0 Å². The first kappa shape index (κ1) is 23.0. The van der Waals surface area contributed by atoms with Gasteiger partial charge in [0.2, 0.25) is 0 Å². The third-order valence-electron chi connectivity index (χ3n) is 4.13. The van der Waals surface area contributed by atoms with Crippen molar-refractivity contribution in [3.63, 3.8) is 0 Å². The van der Waals surface area contributed by atoms with Crippen molar-refractivity contribution >= 4 is 39.1 Å². The number of benzene rings is 2. The Kier molecular flexibility index (Phi) is 8.16. The number of hydrogen-bond donors (Lipinski definition) is 0. The van der Waals surface area contributed by atoms with Crippen LogP contribution in [0.25, 0.3) is 0 Å². The van der Waals surface area contributed by atoms with Gasteiger partial charge in [0.05, 0.1) is 10.6 Å². The lowest BCUT2D eigenvalue weighted by Gasteiger charge is -2.31. The molecule has 8 heteroatoms. The molecule has 0 spiro atoms. The van der Waals surface area contributed by atoms with Crippen LogP contribution in [0, 0.1) is 11.6 Å². The third-order valence-corrected chi connectivity index (χ3v) is 7.52. The van der Waals surface area contributed by atoms with Crippen LogP contribution >= 0.6 is 23.4 Å². The van der Waals surface area contributed by atoms with Crippen LogP contribution in [0.15, 0.2) is 47.4 Å².